The first kappa shape index (κ1) is 23.4. The van der Waals surface area contributed by atoms with E-state index in [1.54, 1.807) is 18.2 Å². The molecule has 186 valence electrons. The van der Waals surface area contributed by atoms with Crippen LogP contribution in [-0.2, 0) is 16.0 Å². The van der Waals surface area contributed by atoms with Gasteiger partial charge in [0.05, 0.1) is 21.8 Å². The standard InChI is InChI=1S/C29H23FN2O4S/c1-14-10-15(2)24-22(11-14)37-29(31-24)32-25(17-4-7-20(30)8-5-17)23(27(34)28(32)35)26(33)18-6-9-21-19(13-18)12-16(3)36-21/h4-11,13,16,25,33H,12H2,1-3H3/b26-23+/t16-,25+/m1/s1. The number of ketones is 1. The Kier molecular flexibility index (Phi) is 5.38. The van der Waals surface area contributed by atoms with Crippen LogP contribution in [0.15, 0.2) is 60.2 Å². The number of aromatic nitrogens is 1. The SMILES string of the molecule is Cc1cc(C)c2nc(N3C(=O)C(=O)/C(=C(/O)c4ccc5c(c4)C[C@@H](C)O5)[C@@H]3c3ccc(F)cc3)sc2c1. The average Bonchev–Trinajstić information content (AvgIpc) is 3.52. The predicted molar refractivity (Wildman–Crippen MR) is 141 cm³/mol. The summed E-state index contributed by atoms with van der Waals surface area (Å²) in [5.41, 5.74) is 4.54. The van der Waals surface area contributed by atoms with E-state index in [9.17, 15) is 19.1 Å². The van der Waals surface area contributed by atoms with Crippen LogP contribution >= 0.6 is 11.3 Å². The number of fused-ring (bicyclic) bond motifs is 2. The molecule has 4 aromatic rings. The third kappa shape index (κ3) is 3.79. The van der Waals surface area contributed by atoms with Crippen LogP contribution in [0.1, 0.15) is 40.8 Å². The normalized spacial score (nSPS) is 20.5. The maximum Gasteiger partial charge on any atom is 0.301 e. The zero-order valence-electron chi connectivity index (χ0n) is 20.4. The molecule has 6 rings (SSSR count). The van der Waals surface area contributed by atoms with E-state index in [2.05, 4.69) is 0 Å². The lowest BCUT2D eigenvalue weighted by molar-refractivity contribution is -0.132. The first-order chi connectivity index (χ1) is 17.7. The zero-order valence-corrected chi connectivity index (χ0v) is 21.2. The van der Waals surface area contributed by atoms with Crippen molar-refractivity contribution in [2.45, 2.75) is 39.3 Å². The summed E-state index contributed by atoms with van der Waals surface area (Å²) in [4.78, 5) is 32.9. The van der Waals surface area contributed by atoms with Crippen molar-refractivity contribution < 1.29 is 23.8 Å². The fourth-order valence-corrected chi connectivity index (χ4v) is 6.35. The molecule has 6 nitrogen and oxygen atoms in total. The van der Waals surface area contributed by atoms with Gasteiger partial charge in [-0.25, -0.2) is 9.37 Å². The van der Waals surface area contributed by atoms with Crippen LogP contribution in [0.2, 0.25) is 0 Å². The number of hydrogen-bond acceptors (Lipinski definition) is 6. The Morgan fingerprint density at radius 2 is 1.86 bits per heavy atom. The van der Waals surface area contributed by atoms with Crippen molar-refractivity contribution in [3.05, 3.63) is 93.8 Å². The summed E-state index contributed by atoms with van der Waals surface area (Å²) in [5, 5.41) is 11.8. The van der Waals surface area contributed by atoms with Crippen molar-refractivity contribution >= 4 is 44.1 Å². The number of nitrogens with zero attached hydrogens (tertiary/aromatic N) is 2. The highest BCUT2D eigenvalue weighted by atomic mass is 32.1. The lowest BCUT2D eigenvalue weighted by Gasteiger charge is -2.23. The van der Waals surface area contributed by atoms with Gasteiger partial charge in [0, 0.05) is 12.0 Å². The molecular formula is C29H23FN2O4S. The Labute approximate surface area is 216 Å². The van der Waals surface area contributed by atoms with Crippen molar-refractivity contribution in [2.24, 2.45) is 0 Å². The number of benzene rings is 3. The number of carbonyl (C=O) groups is 2. The number of rotatable bonds is 3. The third-order valence-electron chi connectivity index (χ3n) is 6.82. The molecule has 8 heteroatoms. The molecule has 0 unspecified atom stereocenters. The van der Waals surface area contributed by atoms with Crippen molar-refractivity contribution in [3.63, 3.8) is 0 Å². The largest absolute Gasteiger partial charge is 0.507 e. The summed E-state index contributed by atoms with van der Waals surface area (Å²) in [7, 11) is 0. The van der Waals surface area contributed by atoms with E-state index < -0.39 is 23.5 Å². The summed E-state index contributed by atoms with van der Waals surface area (Å²) in [6, 6.07) is 13.8. The molecule has 2 aliphatic rings. The minimum atomic E-state index is -0.967. The third-order valence-corrected chi connectivity index (χ3v) is 7.83. The van der Waals surface area contributed by atoms with Gasteiger partial charge in [-0.2, -0.15) is 0 Å². The maximum absolute atomic E-state index is 13.8. The number of hydrogen-bond donors (Lipinski definition) is 1. The topological polar surface area (TPSA) is 79.7 Å². The molecule has 1 aromatic heterocycles. The van der Waals surface area contributed by atoms with Crippen LogP contribution < -0.4 is 9.64 Å². The van der Waals surface area contributed by atoms with Gasteiger partial charge >= 0.3 is 5.91 Å². The van der Waals surface area contributed by atoms with E-state index in [0.717, 1.165) is 32.7 Å². The Morgan fingerprint density at radius 3 is 2.62 bits per heavy atom. The molecule has 0 bridgehead atoms. The highest BCUT2D eigenvalue weighted by Crippen LogP contribution is 2.45. The molecule has 1 saturated heterocycles. The summed E-state index contributed by atoms with van der Waals surface area (Å²) >= 11 is 1.30. The second-order valence-corrected chi connectivity index (χ2v) is 10.6. The van der Waals surface area contributed by atoms with E-state index in [1.807, 2.05) is 32.9 Å². The molecule has 1 fully saturated rings. The summed E-state index contributed by atoms with van der Waals surface area (Å²) in [6.07, 6.45) is 0.694. The van der Waals surface area contributed by atoms with E-state index in [-0.39, 0.29) is 17.4 Å². The fraction of sp³-hybridized carbons (Fsp3) is 0.207. The number of thiazole rings is 1. The molecule has 37 heavy (non-hydrogen) atoms. The number of ether oxygens (including phenoxy) is 1. The number of carbonyl (C=O) groups excluding carboxylic acids is 2. The van der Waals surface area contributed by atoms with Crippen LogP contribution in [0, 0.1) is 19.7 Å². The molecule has 3 heterocycles. The van der Waals surface area contributed by atoms with Crippen molar-refractivity contribution in [3.8, 4) is 5.75 Å². The number of aliphatic hydroxyl groups excluding tert-OH is 1. The van der Waals surface area contributed by atoms with Gasteiger partial charge in [-0.05, 0) is 79.4 Å². The van der Waals surface area contributed by atoms with Gasteiger partial charge in [0.2, 0.25) is 0 Å². The van der Waals surface area contributed by atoms with Crippen LogP contribution in [0.3, 0.4) is 0 Å². The van der Waals surface area contributed by atoms with Crippen LogP contribution in [0.5, 0.6) is 5.75 Å². The number of amides is 1. The van der Waals surface area contributed by atoms with Crippen LogP contribution in [0.25, 0.3) is 16.0 Å². The number of Topliss-reactive ketones (excluding diaryl/α,β-unsaturated/α-hetero) is 1. The quantitative estimate of drug-likeness (QED) is 0.206. The van der Waals surface area contributed by atoms with Gasteiger partial charge < -0.3 is 9.84 Å². The van der Waals surface area contributed by atoms with Gasteiger partial charge in [0.1, 0.15) is 23.4 Å². The number of aryl methyl sites for hydroxylation is 2. The van der Waals surface area contributed by atoms with Crippen molar-refractivity contribution in [1.29, 1.82) is 0 Å². The van der Waals surface area contributed by atoms with Crippen molar-refractivity contribution in [2.75, 3.05) is 4.90 Å². The molecule has 1 amide bonds. The first-order valence-corrected chi connectivity index (χ1v) is 12.8. The van der Waals surface area contributed by atoms with E-state index in [4.69, 9.17) is 9.72 Å². The van der Waals surface area contributed by atoms with Crippen molar-refractivity contribution in [1.82, 2.24) is 4.98 Å². The Bertz CT molecular complexity index is 1640. The highest BCUT2D eigenvalue weighted by molar-refractivity contribution is 7.22. The molecule has 2 atom stereocenters. The van der Waals surface area contributed by atoms with Gasteiger partial charge in [-0.15, -0.1) is 0 Å². The maximum atomic E-state index is 13.8. The molecule has 0 spiro atoms. The minimum absolute atomic E-state index is 0.0170. The van der Waals surface area contributed by atoms with Gasteiger partial charge in [0.25, 0.3) is 5.78 Å². The van der Waals surface area contributed by atoms with E-state index in [1.165, 1.54) is 40.5 Å². The van der Waals surface area contributed by atoms with E-state index >= 15 is 0 Å². The van der Waals surface area contributed by atoms with Gasteiger partial charge in [-0.1, -0.05) is 29.5 Å². The molecule has 0 radical (unpaired) electrons. The summed E-state index contributed by atoms with van der Waals surface area (Å²) in [5.74, 6) is -1.60. The lowest BCUT2D eigenvalue weighted by Crippen LogP contribution is -2.29. The number of anilines is 1. The first-order valence-electron chi connectivity index (χ1n) is 12.0. The molecule has 2 aliphatic heterocycles. The average molecular weight is 515 g/mol. The Morgan fingerprint density at radius 1 is 1.11 bits per heavy atom. The molecule has 1 N–H and O–H groups in total. The molecule has 3 aromatic carbocycles. The number of halogens is 1. The minimum Gasteiger partial charge on any atom is -0.507 e. The summed E-state index contributed by atoms with van der Waals surface area (Å²) in [6.45, 7) is 5.89. The van der Waals surface area contributed by atoms with Gasteiger partial charge in [-0.3, -0.25) is 14.5 Å². The smallest absolute Gasteiger partial charge is 0.301 e. The summed E-state index contributed by atoms with van der Waals surface area (Å²) < 4.78 is 20.5. The second kappa shape index (κ2) is 8.52. The van der Waals surface area contributed by atoms with E-state index in [0.29, 0.717) is 22.7 Å². The zero-order chi connectivity index (χ0) is 26.0. The van der Waals surface area contributed by atoms with Crippen LogP contribution in [0.4, 0.5) is 9.52 Å². The monoisotopic (exact) mass is 514 g/mol. The Hall–Kier alpha value is -4.04. The fourth-order valence-electron chi connectivity index (χ4n) is 5.18. The highest BCUT2D eigenvalue weighted by Gasteiger charge is 2.48. The lowest BCUT2D eigenvalue weighted by atomic mass is 9.94. The predicted octanol–water partition coefficient (Wildman–Crippen LogP) is 6.00. The Balaban J connectivity index is 1.54. The number of aliphatic hydroxyl groups is 1. The molecular weight excluding hydrogens is 491 g/mol. The molecule has 0 saturated carbocycles. The second-order valence-electron chi connectivity index (χ2n) is 9.60. The molecule has 0 aliphatic carbocycles. The van der Waals surface area contributed by atoms with Gasteiger partial charge in [0.15, 0.2) is 5.13 Å². The van der Waals surface area contributed by atoms with Crippen LogP contribution in [-0.4, -0.2) is 27.9 Å².